The van der Waals surface area contributed by atoms with E-state index >= 15 is 0 Å². The van der Waals surface area contributed by atoms with Crippen molar-refractivity contribution in [3.63, 3.8) is 0 Å². The minimum Gasteiger partial charge on any atom is -0.424 e. The van der Waals surface area contributed by atoms with Gasteiger partial charge in [0.15, 0.2) is 0 Å². The zero-order valence-electron chi connectivity index (χ0n) is 12.7. The molecule has 3 heterocycles. The standard InChI is InChI=1S/C15H22N4O3/c20-15(19-5-1-2-6-19)12-9-18(7-8-21-12)10-13-16-17-14(22-13)11-3-4-11/h11-12H,1-10H2. The van der Waals surface area contributed by atoms with Gasteiger partial charge in [-0.05, 0) is 25.7 Å². The van der Waals surface area contributed by atoms with E-state index in [0.717, 1.165) is 51.2 Å². The number of aromatic nitrogens is 2. The van der Waals surface area contributed by atoms with Crippen LogP contribution in [0.15, 0.2) is 4.42 Å². The van der Waals surface area contributed by atoms with E-state index in [2.05, 4.69) is 15.1 Å². The molecule has 0 radical (unpaired) electrons. The lowest BCUT2D eigenvalue weighted by atomic mass is 10.2. The van der Waals surface area contributed by atoms with Gasteiger partial charge in [0, 0.05) is 32.1 Å². The first-order chi connectivity index (χ1) is 10.8. The monoisotopic (exact) mass is 306 g/mol. The molecule has 0 bridgehead atoms. The third-order valence-electron chi connectivity index (χ3n) is 4.61. The molecule has 0 spiro atoms. The Hall–Kier alpha value is -1.47. The van der Waals surface area contributed by atoms with Gasteiger partial charge in [0.1, 0.15) is 6.10 Å². The molecule has 1 aliphatic carbocycles. The molecule has 120 valence electrons. The molecule has 2 aliphatic heterocycles. The third-order valence-corrected chi connectivity index (χ3v) is 4.61. The first-order valence-electron chi connectivity index (χ1n) is 8.24. The van der Waals surface area contributed by atoms with Crippen molar-refractivity contribution in [2.75, 3.05) is 32.8 Å². The second kappa shape index (κ2) is 5.96. The summed E-state index contributed by atoms with van der Waals surface area (Å²) in [6, 6.07) is 0. The third kappa shape index (κ3) is 3.01. The summed E-state index contributed by atoms with van der Waals surface area (Å²) >= 11 is 0. The first kappa shape index (κ1) is 14.1. The maximum absolute atomic E-state index is 12.4. The molecule has 3 aliphatic rings. The van der Waals surface area contributed by atoms with E-state index < -0.39 is 0 Å². The van der Waals surface area contributed by atoms with Gasteiger partial charge in [-0.25, -0.2) is 0 Å². The predicted molar refractivity (Wildman–Crippen MR) is 77.1 cm³/mol. The van der Waals surface area contributed by atoms with Crippen LogP contribution >= 0.6 is 0 Å². The zero-order valence-corrected chi connectivity index (χ0v) is 12.7. The summed E-state index contributed by atoms with van der Waals surface area (Å²) in [4.78, 5) is 16.5. The van der Waals surface area contributed by atoms with Crippen molar-refractivity contribution < 1.29 is 13.9 Å². The van der Waals surface area contributed by atoms with Gasteiger partial charge in [-0.2, -0.15) is 0 Å². The van der Waals surface area contributed by atoms with E-state index in [9.17, 15) is 4.79 Å². The molecule has 0 aromatic carbocycles. The van der Waals surface area contributed by atoms with Crippen molar-refractivity contribution in [3.05, 3.63) is 11.8 Å². The summed E-state index contributed by atoms with van der Waals surface area (Å²) in [5, 5.41) is 8.24. The van der Waals surface area contributed by atoms with E-state index in [1.54, 1.807) is 0 Å². The average molecular weight is 306 g/mol. The summed E-state index contributed by atoms with van der Waals surface area (Å²) in [6.45, 7) is 4.32. The van der Waals surface area contributed by atoms with Gasteiger partial charge in [-0.1, -0.05) is 0 Å². The Morgan fingerprint density at radius 2 is 2.00 bits per heavy atom. The highest BCUT2D eigenvalue weighted by molar-refractivity contribution is 5.81. The molecular weight excluding hydrogens is 284 g/mol. The fourth-order valence-electron chi connectivity index (χ4n) is 3.15. The Labute approximate surface area is 129 Å². The molecule has 2 saturated heterocycles. The van der Waals surface area contributed by atoms with E-state index in [1.807, 2.05) is 4.90 Å². The maximum Gasteiger partial charge on any atom is 0.253 e. The number of likely N-dealkylation sites (tertiary alicyclic amines) is 1. The number of ether oxygens (including phenoxy) is 1. The van der Waals surface area contributed by atoms with Crippen molar-refractivity contribution in [1.82, 2.24) is 20.0 Å². The van der Waals surface area contributed by atoms with Crippen molar-refractivity contribution in [1.29, 1.82) is 0 Å². The van der Waals surface area contributed by atoms with Crippen LogP contribution in [-0.4, -0.2) is 64.8 Å². The van der Waals surface area contributed by atoms with Gasteiger partial charge < -0.3 is 14.1 Å². The predicted octanol–water partition coefficient (Wildman–Crippen LogP) is 0.770. The van der Waals surface area contributed by atoms with Crippen LogP contribution in [0.3, 0.4) is 0 Å². The number of amides is 1. The highest BCUT2D eigenvalue weighted by atomic mass is 16.5. The molecule has 22 heavy (non-hydrogen) atoms. The SMILES string of the molecule is O=C(C1CN(Cc2nnc(C3CC3)o2)CCO1)N1CCCC1. The van der Waals surface area contributed by atoms with Crippen molar-refractivity contribution in [2.45, 2.75) is 44.2 Å². The van der Waals surface area contributed by atoms with Crippen LogP contribution in [0.5, 0.6) is 0 Å². The quantitative estimate of drug-likeness (QED) is 0.818. The van der Waals surface area contributed by atoms with E-state index in [0.29, 0.717) is 31.5 Å². The molecule has 1 aromatic heterocycles. The Balaban J connectivity index is 1.34. The molecule has 1 atom stereocenters. The van der Waals surface area contributed by atoms with Crippen LogP contribution in [-0.2, 0) is 16.1 Å². The second-order valence-corrected chi connectivity index (χ2v) is 6.44. The molecule has 4 rings (SSSR count). The van der Waals surface area contributed by atoms with Crippen molar-refractivity contribution in [2.24, 2.45) is 0 Å². The topological polar surface area (TPSA) is 71.7 Å². The smallest absolute Gasteiger partial charge is 0.253 e. The molecule has 1 saturated carbocycles. The maximum atomic E-state index is 12.4. The van der Waals surface area contributed by atoms with Crippen LogP contribution in [0.2, 0.25) is 0 Å². The molecule has 1 unspecified atom stereocenters. The lowest BCUT2D eigenvalue weighted by molar-refractivity contribution is -0.148. The molecule has 3 fully saturated rings. The number of hydrogen-bond donors (Lipinski definition) is 0. The fraction of sp³-hybridized carbons (Fsp3) is 0.800. The molecule has 7 nitrogen and oxygen atoms in total. The van der Waals surface area contributed by atoms with Gasteiger partial charge >= 0.3 is 0 Å². The Bertz CT molecular complexity index is 537. The number of rotatable bonds is 4. The number of morpholine rings is 1. The van der Waals surface area contributed by atoms with Gasteiger partial charge in [-0.15, -0.1) is 10.2 Å². The number of carbonyl (C=O) groups excluding carboxylic acids is 1. The number of nitrogens with zero attached hydrogens (tertiary/aromatic N) is 4. The van der Waals surface area contributed by atoms with Gasteiger partial charge in [0.2, 0.25) is 11.8 Å². The highest BCUT2D eigenvalue weighted by Crippen LogP contribution is 2.39. The van der Waals surface area contributed by atoms with Crippen LogP contribution in [0.1, 0.15) is 43.4 Å². The number of hydrogen-bond acceptors (Lipinski definition) is 6. The largest absolute Gasteiger partial charge is 0.424 e. The summed E-state index contributed by atoms with van der Waals surface area (Å²) in [5.41, 5.74) is 0. The highest BCUT2D eigenvalue weighted by Gasteiger charge is 2.33. The molecule has 1 aromatic rings. The van der Waals surface area contributed by atoms with E-state index in [1.165, 1.54) is 0 Å². The summed E-state index contributed by atoms with van der Waals surface area (Å²) in [7, 11) is 0. The summed E-state index contributed by atoms with van der Waals surface area (Å²) in [5.74, 6) is 2.03. The lowest BCUT2D eigenvalue weighted by Crippen LogP contribution is -2.50. The number of carbonyl (C=O) groups is 1. The summed E-state index contributed by atoms with van der Waals surface area (Å²) in [6.07, 6.45) is 4.18. The van der Waals surface area contributed by atoms with Crippen LogP contribution < -0.4 is 0 Å². The van der Waals surface area contributed by atoms with Crippen LogP contribution in [0.25, 0.3) is 0 Å². The van der Waals surface area contributed by atoms with Crippen molar-refractivity contribution in [3.8, 4) is 0 Å². The molecule has 0 N–H and O–H groups in total. The van der Waals surface area contributed by atoms with E-state index in [-0.39, 0.29) is 12.0 Å². The van der Waals surface area contributed by atoms with Gasteiger partial charge in [0.05, 0.1) is 13.2 Å². The molecule has 1 amide bonds. The Kier molecular flexibility index (Phi) is 3.83. The van der Waals surface area contributed by atoms with Gasteiger partial charge in [0.25, 0.3) is 5.91 Å². The minimum atomic E-state index is -0.349. The molecular formula is C15H22N4O3. The average Bonchev–Trinajstić information content (AvgIpc) is 3.05. The molecule has 7 heteroatoms. The normalized spacial score (nSPS) is 26.5. The van der Waals surface area contributed by atoms with Crippen molar-refractivity contribution >= 4 is 5.91 Å². The lowest BCUT2D eigenvalue weighted by Gasteiger charge is -2.33. The summed E-state index contributed by atoms with van der Waals surface area (Å²) < 4.78 is 11.4. The van der Waals surface area contributed by atoms with Gasteiger partial charge in [-0.3, -0.25) is 9.69 Å². The van der Waals surface area contributed by atoms with Crippen LogP contribution in [0, 0.1) is 0 Å². The fourth-order valence-corrected chi connectivity index (χ4v) is 3.15. The minimum absolute atomic E-state index is 0.131. The van der Waals surface area contributed by atoms with Crippen LogP contribution in [0.4, 0.5) is 0 Å². The van der Waals surface area contributed by atoms with E-state index in [4.69, 9.17) is 9.15 Å². The first-order valence-corrected chi connectivity index (χ1v) is 8.24. The Morgan fingerprint density at radius 3 is 2.77 bits per heavy atom. The zero-order chi connectivity index (χ0) is 14.9. The second-order valence-electron chi connectivity index (χ2n) is 6.44. The Morgan fingerprint density at radius 1 is 1.18 bits per heavy atom.